The van der Waals surface area contributed by atoms with Crippen LogP contribution in [0.4, 0.5) is 13.2 Å². The number of hydrogen-bond donors (Lipinski definition) is 0. The molecule has 1 aliphatic rings. The summed E-state index contributed by atoms with van der Waals surface area (Å²) in [5, 5.41) is 5.08. The minimum absolute atomic E-state index is 0.629. The van der Waals surface area contributed by atoms with Gasteiger partial charge in [0, 0.05) is 13.3 Å². The van der Waals surface area contributed by atoms with Gasteiger partial charge in [-0.1, -0.05) is 30.3 Å². The van der Waals surface area contributed by atoms with Crippen molar-refractivity contribution in [2.75, 3.05) is 7.05 Å². The molecule has 0 aromatic heterocycles. The largest absolute Gasteiger partial charge is 0.399 e. The molecule has 2 unspecified atom stereocenters. The molecule has 1 aromatic rings. The Hall–Kier alpha value is -1.52. The summed E-state index contributed by atoms with van der Waals surface area (Å²) in [6.45, 7) is 0. The maximum absolute atomic E-state index is 12.8. The van der Waals surface area contributed by atoms with Crippen LogP contribution in [-0.2, 0) is 0 Å². The summed E-state index contributed by atoms with van der Waals surface area (Å²) < 4.78 is 38.3. The van der Waals surface area contributed by atoms with Gasteiger partial charge in [-0.05, 0) is 5.56 Å². The minimum atomic E-state index is -4.26. The molecule has 86 valence electrons. The average molecular weight is 228 g/mol. The minimum Gasteiger partial charge on any atom is -0.292 e. The van der Waals surface area contributed by atoms with Crippen molar-refractivity contribution >= 4 is 6.21 Å². The molecule has 5 heteroatoms. The van der Waals surface area contributed by atoms with Crippen molar-refractivity contribution in [1.82, 2.24) is 5.01 Å². The lowest BCUT2D eigenvalue weighted by Gasteiger charge is -2.26. The Labute approximate surface area is 91.4 Å². The Bertz CT molecular complexity index is 386. The maximum Gasteiger partial charge on any atom is 0.399 e. The quantitative estimate of drug-likeness (QED) is 0.721. The highest BCUT2D eigenvalue weighted by atomic mass is 19.4. The first-order chi connectivity index (χ1) is 7.50. The Morgan fingerprint density at radius 2 is 1.81 bits per heavy atom. The van der Waals surface area contributed by atoms with Crippen LogP contribution in [0.2, 0.25) is 0 Å². The fraction of sp³-hybridized carbons (Fsp3) is 0.364. The van der Waals surface area contributed by atoms with Crippen LogP contribution in [-0.4, -0.2) is 24.4 Å². The van der Waals surface area contributed by atoms with Crippen LogP contribution in [0.25, 0.3) is 0 Å². The molecule has 2 nitrogen and oxygen atoms in total. The highest BCUT2D eigenvalue weighted by Gasteiger charge is 2.48. The summed E-state index contributed by atoms with van der Waals surface area (Å²) >= 11 is 0. The van der Waals surface area contributed by atoms with Crippen LogP contribution in [0.5, 0.6) is 0 Å². The molecular weight excluding hydrogens is 217 g/mol. The number of halogens is 3. The van der Waals surface area contributed by atoms with E-state index in [0.717, 1.165) is 6.21 Å². The van der Waals surface area contributed by atoms with Crippen LogP contribution < -0.4 is 0 Å². The Morgan fingerprint density at radius 1 is 1.19 bits per heavy atom. The third kappa shape index (κ3) is 1.89. The summed E-state index contributed by atoms with van der Waals surface area (Å²) in [4.78, 5) is 0. The van der Waals surface area contributed by atoms with E-state index in [-0.39, 0.29) is 0 Å². The molecule has 2 atom stereocenters. The zero-order chi connectivity index (χ0) is 11.8. The lowest BCUT2D eigenvalue weighted by molar-refractivity contribution is -0.165. The molecular formula is C11H11F3N2. The van der Waals surface area contributed by atoms with E-state index < -0.39 is 18.1 Å². The van der Waals surface area contributed by atoms with E-state index >= 15 is 0 Å². The lowest BCUT2D eigenvalue weighted by atomic mass is 9.94. The van der Waals surface area contributed by atoms with Gasteiger partial charge < -0.3 is 0 Å². The molecule has 0 fully saturated rings. The van der Waals surface area contributed by atoms with Crippen molar-refractivity contribution in [3.05, 3.63) is 35.9 Å². The Kier molecular flexibility index (Phi) is 2.61. The summed E-state index contributed by atoms with van der Waals surface area (Å²) in [7, 11) is 1.56. The zero-order valence-corrected chi connectivity index (χ0v) is 8.65. The summed E-state index contributed by atoms with van der Waals surface area (Å²) in [6, 6.07) is 7.87. The van der Waals surface area contributed by atoms with E-state index in [0.29, 0.717) is 5.56 Å². The monoisotopic (exact) mass is 228 g/mol. The molecule has 0 radical (unpaired) electrons. The second-order valence-electron chi connectivity index (χ2n) is 3.76. The fourth-order valence-corrected chi connectivity index (χ4v) is 1.90. The highest BCUT2D eigenvalue weighted by Crippen LogP contribution is 2.41. The summed E-state index contributed by atoms with van der Waals surface area (Å²) in [6.07, 6.45) is -3.29. The number of nitrogens with zero attached hydrogens (tertiary/aromatic N) is 2. The van der Waals surface area contributed by atoms with Gasteiger partial charge in [0.2, 0.25) is 0 Å². The number of hydrazone groups is 1. The molecule has 0 N–H and O–H groups in total. The van der Waals surface area contributed by atoms with Crippen molar-refractivity contribution < 1.29 is 13.2 Å². The van der Waals surface area contributed by atoms with Crippen LogP contribution in [0, 0.1) is 5.92 Å². The molecule has 0 aliphatic carbocycles. The SMILES string of the molecule is CN1N=CC(C(F)(F)F)C1c1ccccc1. The predicted molar refractivity (Wildman–Crippen MR) is 55.0 cm³/mol. The van der Waals surface area contributed by atoms with Crippen molar-refractivity contribution in [2.45, 2.75) is 12.2 Å². The maximum atomic E-state index is 12.8. The normalized spacial score (nSPS) is 25.1. The highest BCUT2D eigenvalue weighted by molar-refractivity contribution is 5.65. The van der Waals surface area contributed by atoms with Crippen molar-refractivity contribution in [3.63, 3.8) is 0 Å². The molecule has 1 aromatic carbocycles. The molecule has 16 heavy (non-hydrogen) atoms. The second-order valence-corrected chi connectivity index (χ2v) is 3.76. The van der Waals surface area contributed by atoms with E-state index in [1.807, 2.05) is 0 Å². The molecule has 2 rings (SSSR count). The average Bonchev–Trinajstić information content (AvgIpc) is 2.61. The predicted octanol–water partition coefficient (Wildman–Crippen LogP) is 2.84. The van der Waals surface area contributed by atoms with Crippen molar-refractivity contribution in [2.24, 2.45) is 11.0 Å². The van der Waals surface area contributed by atoms with Gasteiger partial charge in [-0.25, -0.2) is 0 Å². The molecule has 1 heterocycles. The Balaban J connectivity index is 2.33. The van der Waals surface area contributed by atoms with E-state index in [9.17, 15) is 13.2 Å². The van der Waals surface area contributed by atoms with E-state index in [4.69, 9.17) is 0 Å². The van der Waals surface area contributed by atoms with Gasteiger partial charge in [0.25, 0.3) is 0 Å². The second kappa shape index (κ2) is 3.81. The van der Waals surface area contributed by atoms with Crippen LogP contribution in [0.1, 0.15) is 11.6 Å². The smallest absolute Gasteiger partial charge is 0.292 e. The fourth-order valence-electron chi connectivity index (χ4n) is 1.90. The molecule has 0 bridgehead atoms. The number of hydrogen-bond acceptors (Lipinski definition) is 2. The molecule has 0 amide bonds. The third-order valence-corrected chi connectivity index (χ3v) is 2.67. The molecule has 0 saturated heterocycles. The van der Waals surface area contributed by atoms with Gasteiger partial charge in [0.1, 0.15) is 5.92 Å². The first-order valence-corrected chi connectivity index (χ1v) is 4.89. The van der Waals surface area contributed by atoms with Crippen LogP contribution in [0.3, 0.4) is 0 Å². The number of benzene rings is 1. The van der Waals surface area contributed by atoms with Gasteiger partial charge in [-0.3, -0.25) is 5.01 Å². The number of alkyl halides is 3. The van der Waals surface area contributed by atoms with Gasteiger partial charge in [0.15, 0.2) is 0 Å². The first-order valence-electron chi connectivity index (χ1n) is 4.89. The van der Waals surface area contributed by atoms with Crippen LogP contribution in [0.15, 0.2) is 35.4 Å². The lowest BCUT2D eigenvalue weighted by Crippen LogP contribution is -2.31. The van der Waals surface area contributed by atoms with Crippen molar-refractivity contribution in [1.29, 1.82) is 0 Å². The molecule has 0 spiro atoms. The van der Waals surface area contributed by atoms with E-state index in [2.05, 4.69) is 5.10 Å². The summed E-state index contributed by atoms with van der Waals surface area (Å²) in [5.74, 6) is -1.53. The molecule has 0 saturated carbocycles. The number of rotatable bonds is 1. The van der Waals surface area contributed by atoms with E-state index in [1.54, 1.807) is 37.4 Å². The molecule has 1 aliphatic heterocycles. The van der Waals surface area contributed by atoms with Crippen LogP contribution >= 0.6 is 0 Å². The van der Waals surface area contributed by atoms with Gasteiger partial charge in [-0.2, -0.15) is 18.3 Å². The van der Waals surface area contributed by atoms with E-state index in [1.165, 1.54) is 5.01 Å². The first kappa shape index (κ1) is 11.0. The Morgan fingerprint density at radius 3 is 2.38 bits per heavy atom. The van der Waals surface area contributed by atoms with Gasteiger partial charge >= 0.3 is 6.18 Å². The standard InChI is InChI=1S/C11H11F3N2/c1-16-10(8-5-3-2-4-6-8)9(7-15-16)11(12,13)14/h2-7,9-10H,1H3. The topological polar surface area (TPSA) is 15.6 Å². The van der Waals surface area contributed by atoms with Gasteiger partial charge in [-0.15, -0.1) is 0 Å². The van der Waals surface area contributed by atoms with Gasteiger partial charge in [0.05, 0.1) is 6.04 Å². The zero-order valence-electron chi connectivity index (χ0n) is 8.65. The third-order valence-electron chi connectivity index (χ3n) is 2.67. The summed E-state index contributed by atoms with van der Waals surface area (Å²) in [5.41, 5.74) is 0.629. The van der Waals surface area contributed by atoms with Crippen molar-refractivity contribution in [3.8, 4) is 0 Å².